The van der Waals surface area contributed by atoms with Crippen molar-refractivity contribution in [3.05, 3.63) is 33.6 Å². The Bertz CT molecular complexity index is 551. The van der Waals surface area contributed by atoms with Gasteiger partial charge in [0.15, 0.2) is 11.6 Å². The van der Waals surface area contributed by atoms with Crippen molar-refractivity contribution in [2.75, 3.05) is 6.61 Å². The number of carbonyl (C=O) groups excluding carboxylic acids is 1. The van der Waals surface area contributed by atoms with E-state index in [1.54, 1.807) is 20.8 Å². The summed E-state index contributed by atoms with van der Waals surface area (Å²) < 4.78 is 23.9. The molecule has 0 amide bonds. The molecule has 0 saturated heterocycles. The first-order valence-electron chi connectivity index (χ1n) is 6.39. The van der Waals surface area contributed by atoms with Gasteiger partial charge < -0.3 is 9.47 Å². The number of aryl methyl sites for hydroxylation is 1. The lowest BCUT2D eigenvalue weighted by Gasteiger charge is -2.19. The predicted molar refractivity (Wildman–Crippen MR) is 73.7 cm³/mol. The number of ether oxygens (including phenoxy) is 2. The lowest BCUT2D eigenvalue weighted by Crippen LogP contribution is -2.24. The van der Waals surface area contributed by atoms with E-state index in [1.165, 1.54) is 13.0 Å². The summed E-state index contributed by atoms with van der Waals surface area (Å²) >= 11 is 0. The summed E-state index contributed by atoms with van der Waals surface area (Å²) in [6.45, 7) is 6.64. The molecule has 1 rings (SSSR count). The Morgan fingerprint density at radius 1 is 1.38 bits per heavy atom. The molecule has 0 aliphatic carbocycles. The Labute approximate surface area is 122 Å². The van der Waals surface area contributed by atoms with E-state index in [0.717, 1.165) is 6.07 Å². The highest BCUT2D eigenvalue weighted by molar-refractivity contribution is 5.70. The van der Waals surface area contributed by atoms with Crippen molar-refractivity contribution in [3.63, 3.8) is 0 Å². The van der Waals surface area contributed by atoms with Crippen molar-refractivity contribution in [1.82, 2.24) is 0 Å². The summed E-state index contributed by atoms with van der Waals surface area (Å²) in [5.41, 5.74) is -0.618. The second-order valence-corrected chi connectivity index (χ2v) is 5.51. The highest BCUT2D eigenvalue weighted by Gasteiger charge is 2.18. The first kappa shape index (κ1) is 16.9. The molecule has 0 aromatic heterocycles. The minimum atomic E-state index is -0.837. The third kappa shape index (κ3) is 5.37. The van der Waals surface area contributed by atoms with Gasteiger partial charge in [0, 0.05) is 5.56 Å². The smallest absolute Gasteiger partial charge is 0.309 e. The van der Waals surface area contributed by atoms with Gasteiger partial charge in [-0.2, -0.15) is 0 Å². The van der Waals surface area contributed by atoms with Crippen molar-refractivity contribution in [2.45, 2.75) is 39.7 Å². The number of nitro groups is 1. The van der Waals surface area contributed by atoms with Crippen molar-refractivity contribution in [1.29, 1.82) is 0 Å². The number of esters is 1. The highest BCUT2D eigenvalue weighted by Crippen LogP contribution is 2.27. The van der Waals surface area contributed by atoms with Gasteiger partial charge in [-0.25, -0.2) is 4.39 Å². The van der Waals surface area contributed by atoms with Crippen LogP contribution in [0, 0.1) is 22.9 Å². The van der Waals surface area contributed by atoms with Gasteiger partial charge in [0.1, 0.15) is 5.60 Å². The predicted octanol–water partition coefficient (Wildman–Crippen LogP) is 3.15. The molecule has 116 valence electrons. The van der Waals surface area contributed by atoms with Gasteiger partial charge in [-0.3, -0.25) is 14.9 Å². The maximum atomic E-state index is 13.6. The molecule has 1 aromatic rings. The van der Waals surface area contributed by atoms with Crippen LogP contribution in [0.4, 0.5) is 10.1 Å². The maximum Gasteiger partial charge on any atom is 0.309 e. The summed E-state index contributed by atoms with van der Waals surface area (Å²) in [5, 5.41) is 10.7. The molecule has 0 aliphatic rings. The molecule has 6 nitrogen and oxygen atoms in total. The van der Waals surface area contributed by atoms with Gasteiger partial charge >= 0.3 is 5.97 Å². The summed E-state index contributed by atoms with van der Waals surface area (Å²) in [4.78, 5) is 21.5. The van der Waals surface area contributed by atoms with E-state index in [4.69, 9.17) is 9.47 Å². The zero-order valence-electron chi connectivity index (χ0n) is 12.4. The quantitative estimate of drug-likeness (QED) is 0.474. The molecule has 0 bridgehead atoms. The Hall–Kier alpha value is -2.18. The molecule has 0 heterocycles. The molecule has 0 unspecified atom stereocenters. The van der Waals surface area contributed by atoms with Crippen LogP contribution >= 0.6 is 0 Å². The summed E-state index contributed by atoms with van der Waals surface area (Å²) in [6.07, 6.45) is -0.0350. The average molecular weight is 299 g/mol. The number of hydrogen-bond acceptors (Lipinski definition) is 5. The van der Waals surface area contributed by atoms with Crippen molar-refractivity contribution in [2.24, 2.45) is 0 Å². The van der Waals surface area contributed by atoms with Crippen LogP contribution in [0.3, 0.4) is 0 Å². The molecule has 0 radical (unpaired) electrons. The zero-order chi connectivity index (χ0) is 16.2. The third-order valence-electron chi connectivity index (χ3n) is 2.43. The first-order valence-corrected chi connectivity index (χ1v) is 6.39. The van der Waals surface area contributed by atoms with Gasteiger partial charge in [0.05, 0.1) is 24.0 Å². The standard InChI is InChI=1S/C14H18FNO5/c1-9-7-12(10(15)8-11(9)16(18)19)20-6-5-13(17)21-14(2,3)4/h7-8H,5-6H2,1-4H3. The molecule has 21 heavy (non-hydrogen) atoms. The van der Waals surface area contributed by atoms with E-state index >= 15 is 0 Å². The molecule has 0 spiro atoms. The summed E-state index contributed by atoms with van der Waals surface area (Å²) in [6, 6.07) is 2.04. The number of nitrogens with zero attached hydrogens (tertiary/aromatic N) is 1. The minimum Gasteiger partial charge on any atom is -0.490 e. The van der Waals surface area contributed by atoms with Crippen LogP contribution in [0.25, 0.3) is 0 Å². The Kier molecular flexibility index (Phi) is 5.23. The Balaban J connectivity index is 2.63. The Morgan fingerprint density at radius 3 is 2.52 bits per heavy atom. The van der Waals surface area contributed by atoms with Crippen molar-refractivity contribution in [3.8, 4) is 5.75 Å². The van der Waals surface area contributed by atoms with E-state index in [0.29, 0.717) is 0 Å². The molecule has 1 aromatic carbocycles. The molecule has 0 atom stereocenters. The van der Waals surface area contributed by atoms with Gasteiger partial charge in [-0.15, -0.1) is 0 Å². The van der Waals surface area contributed by atoms with Crippen molar-refractivity contribution >= 4 is 11.7 Å². The summed E-state index contributed by atoms with van der Waals surface area (Å²) in [5.74, 6) is -1.42. The maximum absolute atomic E-state index is 13.6. The number of nitro benzene ring substituents is 1. The van der Waals surface area contributed by atoms with Gasteiger partial charge in [-0.1, -0.05) is 0 Å². The van der Waals surface area contributed by atoms with Crippen LogP contribution in [0.2, 0.25) is 0 Å². The van der Waals surface area contributed by atoms with Crippen LogP contribution in [0.5, 0.6) is 5.75 Å². The second-order valence-electron chi connectivity index (χ2n) is 5.51. The van der Waals surface area contributed by atoms with Gasteiger partial charge in [0.2, 0.25) is 0 Å². The Morgan fingerprint density at radius 2 is 2.00 bits per heavy atom. The van der Waals surface area contributed by atoms with E-state index in [2.05, 4.69) is 0 Å². The number of carbonyl (C=O) groups is 1. The third-order valence-corrected chi connectivity index (χ3v) is 2.43. The number of rotatable bonds is 5. The number of halogens is 1. The normalized spacial score (nSPS) is 11.1. The number of hydrogen-bond donors (Lipinski definition) is 0. The topological polar surface area (TPSA) is 78.7 Å². The van der Waals surface area contributed by atoms with E-state index in [-0.39, 0.29) is 30.0 Å². The van der Waals surface area contributed by atoms with E-state index < -0.39 is 22.3 Å². The lowest BCUT2D eigenvalue weighted by molar-refractivity contribution is -0.385. The largest absolute Gasteiger partial charge is 0.490 e. The molecule has 0 saturated carbocycles. The lowest BCUT2D eigenvalue weighted by atomic mass is 10.2. The first-order chi connectivity index (χ1) is 9.60. The highest BCUT2D eigenvalue weighted by atomic mass is 19.1. The second kappa shape index (κ2) is 6.51. The minimum absolute atomic E-state index is 0.0350. The monoisotopic (exact) mass is 299 g/mol. The zero-order valence-corrected chi connectivity index (χ0v) is 12.4. The van der Waals surface area contributed by atoms with Crippen LogP contribution in [-0.2, 0) is 9.53 Å². The molecule has 0 N–H and O–H groups in total. The average Bonchev–Trinajstić information content (AvgIpc) is 2.30. The fourth-order valence-electron chi connectivity index (χ4n) is 1.59. The fourth-order valence-corrected chi connectivity index (χ4v) is 1.59. The van der Waals surface area contributed by atoms with E-state index in [1.807, 2.05) is 0 Å². The van der Waals surface area contributed by atoms with E-state index in [9.17, 15) is 19.3 Å². The summed E-state index contributed by atoms with van der Waals surface area (Å²) in [7, 11) is 0. The number of benzene rings is 1. The molecular weight excluding hydrogens is 281 g/mol. The molecule has 0 fully saturated rings. The molecular formula is C14H18FNO5. The fraction of sp³-hybridized carbons (Fsp3) is 0.500. The van der Waals surface area contributed by atoms with Gasteiger partial charge in [-0.05, 0) is 33.8 Å². The van der Waals surface area contributed by atoms with Crippen LogP contribution in [0.15, 0.2) is 12.1 Å². The molecule has 7 heteroatoms. The molecule has 0 aliphatic heterocycles. The van der Waals surface area contributed by atoms with Crippen LogP contribution < -0.4 is 4.74 Å². The SMILES string of the molecule is Cc1cc(OCCC(=O)OC(C)(C)C)c(F)cc1[N+](=O)[O-]. The van der Waals surface area contributed by atoms with Crippen LogP contribution in [-0.4, -0.2) is 23.1 Å². The van der Waals surface area contributed by atoms with Crippen LogP contribution in [0.1, 0.15) is 32.8 Å². The van der Waals surface area contributed by atoms with Crippen molar-refractivity contribution < 1.29 is 23.6 Å². The van der Waals surface area contributed by atoms with Gasteiger partial charge in [0.25, 0.3) is 5.69 Å².